The lowest BCUT2D eigenvalue weighted by Gasteiger charge is -2.09. The minimum absolute atomic E-state index is 0.399. The molecule has 0 bridgehead atoms. The van der Waals surface area contributed by atoms with Crippen molar-refractivity contribution in [3.63, 3.8) is 0 Å². The Hall–Kier alpha value is -3.06. The van der Waals surface area contributed by atoms with Gasteiger partial charge in [0.1, 0.15) is 17.3 Å². The second kappa shape index (κ2) is 4.90. The van der Waals surface area contributed by atoms with E-state index in [0.717, 1.165) is 10.9 Å². The minimum atomic E-state index is 0.399. The van der Waals surface area contributed by atoms with Gasteiger partial charge < -0.3 is 10.5 Å². The fraction of sp³-hybridized carbons (Fsp3) is 0. The molecule has 0 aliphatic rings. The summed E-state index contributed by atoms with van der Waals surface area (Å²) in [6.45, 7) is 0. The molecule has 0 fully saturated rings. The van der Waals surface area contributed by atoms with Crippen LogP contribution in [0.4, 0.5) is 5.69 Å². The molecule has 4 nitrogen and oxygen atoms in total. The fourth-order valence-electron chi connectivity index (χ4n) is 1.98. The molecule has 0 spiro atoms. The molecule has 0 atom stereocenters. The molecule has 0 aliphatic carbocycles. The van der Waals surface area contributed by atoms with Crippen molar-refractivity contribution in [2.75, 3.05) is 5.73 Å². The summed E-state index contributed by atoms with van der Waals surface area (Å²) in [5, 5.41) is 9.98. The summed E-state index contributed by atoms with van der Waals surface area (Å²) in [5.74, 6) is 1.21. The number of hydrogen-bond donors (Lipinski definition) is 1. The number of hydrogen-bond acceptors (Lipinski definition) is 4. The Morgan fingerprint density at radius 1 is 1.10 bits per heavy atom. The highest BCUT2D eigenvalue weighted by molar-refractivity contribution is 5.84. The molecule has 1 heterocycles. The van der Waals surface area contributed by atoms with E-state index in [4.69, 9.17) is 15.7 Å². The lowest BCUT2D eigenvalue weighted by molar-refractivity contribution is 0.487. The number of benzene rings is 2. The van der Waals surface area contributed by atoms with Crippen LogP contribution in [-0.2, 0) is 0 Å². The zero-order valence-electron chi connectivity index (χ0n) is 10.6. The molecule has 0 radical (unpaired) electrons. The summed E-state index contributed by atoms with van der Waals surface area (Å²) in [7, 11) is 0. The van der Waals surface area contributed by atoms with Crippen LogP contribution >= 0.6 is 0 Å². The normalized spacial score (nSPS) is 10.2. The molecule has 20 heavy (non-hydrogen) atoms. The quantitative estimate of drug-likeness (QED) is 0.717. The lowest BCUT2D eigenvalue weighted by atomic mass is 10.2. The molecule has 0 saturated heterocycles. The van der Waals surface area contributed by atoms with Gasteiger partial charge in [0.2, 0.25) is 0 Å². The zero-order valence-corrected chi connectivity index (χ0v) is 10.6. The third-order valence-corrected chi connectivity index (χ3v) is 2.97. The van der Waals surface area contributed by atoms with Crippen molar-refractivity contribution in [3.8, 4) is 17.6 Å². The maximum absolute atomic E-state index is 8.98. The second-order valence-electron chi connectivity index (χ2n) is 4.29. The van der Waals surface area contributed by atoms with Gasteiger partial charge in [-0.15, -0.1) is 0 Å². The first kappa shape index (κ1) is 12.0. The number of ether oxygens (including phenoxy) is 1. The molecule has 2 aromatic carbocycles. The highest BCUT2D eigenvalue weighted by Gasteiger charge is 2.06. The molecule has 0 saturated carbocycles. The van der Waals surface area contributed by atoms with Crippen molar-refractivity contribution in [1.82, 2.24) is 4.98 Å². The minimum Gasteiger partial charge on any atom is -0.455 e. The van der Waals surface area contributed by atoms with Crippen molar-refractivity contribution >= 4 is 16.6 Å². The number of nitrogen functional groups attached to an aromatic ring is 1. The van der Waals surface area contributed by atoms with Gasteiger partial charge in [-0.1, -0.05) is 18.2 Å². The number of fused-ring (bicyclic) bond motifs is 1. The fourth-order valence-corrected chi connectivity index (χ4v) is 1.98. The summed E-state index contributed by atoms with van der Waals surface area (Å²) in [5.41, 5.74) is 7.32. The van der Waals surface area contributed by atoms with E-state index in [2.05, 4.69) is 4.98 Å². The number of nitriles is 1. The van der Waals surface area contributed by atoms with Crippen molar-refractivity contribution < 1.29 is 4.74 Å². The standard InChI is InChI=1S/C16H11N3O/c17-10-12-9-13(6-7-14(12)18)20-15-5-1-3-11-4-2-8-19-16(11)15/h1-9H,18H2. The summed E-state index contributed by atoms with van der Waals surface area (Å²) < 4.78 is 5.82. The summed E-state index contributed by atoms with van der Waals surface area (Å²) >= 11 is 0. The smallest absolute Gasteiger partial charge is 0.153 e. The van der Waals surface area contributed by atoms with Crippen LogP contribution in [0.15, 0.2) is 54.7 Å². The van der Waals surface area contributed by atoms with Crippen LogP contribution in [0.3, 0.4) is 0 Å². The first-order valence-corrected chi connectivity index (χ1v) is 6.09. The van der Waals surface area contributed by atoms with E-state index in [-0.39, 0.29) is 0 Å². The third-order valence-electron chi connectivity index (χ3n) is 2.97. The van der Waals surface area contributed by atoms with Crippen molar-refractivity contribution in [2.45, 2.75) is 0 Å². The van der Waals surface area contributed by atoms with Crippen molar-refractivity contribution in [3.05, 3.63) is 60.3 Å². The number of para-hydroxylation sites is 1. The highest BCUT2D eigenvalue weighted by atomic mass is 16.5. The highest BCUT2D eigenvalue weighted by Crippen LogP contribution is 2.29. The summed E-state index contributed by atoms with van der Waals surface area (Å²) in [6.07, 6.45) is 1.72. The molecule has 1 aromatic heterocycles. The number of nitrogens with two attached hydrogens (primary N) is 1. The molecular weight excluding hydrogens is 250 g/mol. The van der Waals surface area contributed by atoms with Crippen LogP contribution in [0.2, 0.25) is 0 Å². The van der Waals surface area contributed by atoms with Gasteiger partial charge in [-0.25, -0.2) is 0 Å². The van der Waals surface area contributed by atoms with Crippen molar-refractivity contribution in [2.24, 2.45) is 0 Å². The van der Waals surface area contributed by atoms with Crippen LogP contribution in [0.1, 0.15) is 5.56 Å². The van der Waals surface area contributed by atoms with Gasteiger partial charge in [0.25, 0.3) is 0 Å². The van der Waals surface area contributed by atoms with Crippen LogP contribution in [-0.4, -0.2) is 4.98 Å². The largest absolute Gasteiger partial charge is 0.455 e. The van der Waals surface area contributed by atoms with Gasteiger partial charge >= 0.3 is 0 Å². The monoisotopic (exact) mass is 261 g/mol. The molecule has 0 aliphatic heterocycles. The van der Waals surface area contributed by atoms with Crippen LogP contribution in [0.25, 0.3) is 10.9 Å². The SMILES string of the molecule is N#Cc1cc(Oc2cccc3cccnc23)ccc1N. The van der Waals surface area contributed by atoms with Gasteiger partial charge in [-0.05, 0) is 24.3 Å². The first-order valence-electron chi connectivity index (χ1n) is 6.09. The Morgan fingerprint density at radius 3 is 2.80 bits per heavy atom. The number of anilines is 1. The third kappa shape index (κ3) is 2.13. The Balaban J connectivity index is 2.04. The number of pyridine rings is 1. The van der Waals surface area contributed by atoms with Gasteiger partial charge in [-0.3, -0.25) is 4.98 Å². The zero-order chi connectivity index (χ0) is 13.9. The number of aromatic nitrogens is 1. The van der Waals surface area contributed by atoms with E-state index in [1.165, 1.54) is 0 Å². The van der Waals surface area contributed by atoms with Crippen LogP contribution in [0, 0.1) is 11.3 Å². The van der Waals surface area contributed by atoms with Gasteiger partial charge in [-0.2, -0.15) is 5.26 Å². The van der Waals surface area contributed by atoms with Gasteiger partial charge in [0.15, 0.2) is 5.75 Å². The Bertz CT molecular complexity index is 816. The molecule has 4 heteroatoms. The van der Waals surface area contributed by atoms with Gasteiger partial charge in [0, 0.05) is 23.3 Å². The maximum atomic E-state index is 8.98. The predicted molar refractivity (Wildman–Crippen MR) is 77.4 cm³/mol. The van der Waals surface area contributed by atoms with E-state index in [1.807, 2.05) is 36.4 Å². The van der Waals surface area contributed by atoms with Crippen LogP contribution < -0.4 is 10.5 Å². The molecular formula is C16H11N3O. The molecule has 2 N–H and O–H groups in total. The average Bonchev–Trinajstić information content (AvgIpc) is 2.49. The molecule has 0 amide bonds. The van der Waals surface area contributed by atoms with Crippen molar-refractivity contribution in [1.29, 1.82) is 5.26 Å². The van der Waals surface area contributed by atoms with Gasteiger partial charge in [0.05, 0.1) is 5.56 Å². The molecule has 96 valence electrons. The van der Waals surface area contributed by atoms with E-state index in [0.29, 0.717) is 22.7 Å². The van der Waals surface area contributed by atoms with E-state index >= 15 is 0 Å². The topological polar surface area (TPSA) is 71.9 Å². The second-order valence-corrected chi connectivity index (χ2v) is 4.29. The Labute approximate surface area is 116 Å². The van der Waals surface area contributed by atoms with E-state index < -0.39 is 0 Å². The Morgan fingerprint density at radius 2 is 1.95 bits per heavy atom. The summed E-state index contributed by atoms with van der Waals surface area (Å²) in [4.78, 5) is 4.32. The van der Waals surface area contributed by atoms with E-state index in [9.17, 15) is 0 Å². The number of nitrogens with zero attached hydrogens (tertiary/aromatic N) is 2. The first-order chi connectivity index (χ1) is 9.78. The molecule has 3 aromatic rings. The van der Waals surface area contributed by atoms with E-state index in [1.54, 1.807) is 24.4 Å². The lowest BCUT2D eigenvalue weighted by Crippen LogP contribution is -1.92. The number of rotatable bonds is 2. The molecule has 3 rings (SSSR count). The Kier molecular flexibility index (Phi) is 2.94. The summed E-state index contributed by atoms with van der Waals surface area (Å²) in [6, 6.07) is 16.6. The predicted octanol–water partition coefficient (Wildman–Crippen LogP) is 3.48. The maximum Gasteiger partial charge on any atom is 0.153 e. The average molecular weight is 261 g/mol. The molecule has 0 unspecified atom stereocenters. The van der Waals surface area contributed by atoms with Crippen LogP contribution in [0.5, 0.6) is 11.5 Å².